The third-order valence-corrected chi connectivity index (χ3v) is 7.14. The lowest BCUT2D eigenvalue weighted by molar-refractivity contribution is -0.138. The van der Waals surface area contributed by atoms with Crippen LogP contribution < -0.4 is 16.0 Å². The molecule has 1 aromatic rings. The number of hydrogen-bond acceptors (Lipinski definition) is 6. The highest BCUT2D eigenvalue weighted by atomic mass is 16.2. The molecule has 9 nitrogen and oxygen atoms in total. The van der Waals surface area contributed by atoms with Crippen LogP contribution in [0.15, 0.2) is 24.3 Å². The van der Waals surface area contributed by atoms with Gasteiger partial charge in [-0.1, -0.05) is 13.8 Å². The van der Waals surface area contributed by atoms with Crippen molar-refractivity contribution in [1.29, 1.82) is 0 Å². The number of nitrogens with two attached hydrogens (primary N) is 1. The van der Waals surface area contributed by atoms with Crippen molar-refractivity contribution in [3.8, 4) is 0 Å². The lowest BCUT2D eigenvalue weighted by Gasteiger charge is -2.29. The Morgan fingerprint density at radius 3 is 2.35 bits per heavy atom. The molecule has 3 N–H and O–H groups in total. The number of carbonyl (C=O) groups is 4. The van der Waals surface area contributed by atoms with Gasteiger partial charge < -0.3 is 25.8 Å². The summed E-state index contributed by atoms with van der Waals surface area (Å²) >= 11 is 0. The summed E-state index contributed by atoms with van der Waals surface area (Å²) in [5, 5.41) is 2.90. The van der Waals surface area contributed by atoms with E-state index in [2.05, 4.69) is 5.32 Å². The Kier molecular flexibility index (Phi) is 6.42. The number of hydrogen-bond donors (Lipinski definition) is 2. The predicted octanol–water partition coefficient (Wildman–Crippen LogP) is 0.769. The molecule has 3 aliphatic rings. The maximum absolute atomic E-state index is 13.6. The second-order valence-corrected chi connectivity index (χ2v) is 10.5. The largest absolute Gasteiger partial charge is 0.378 e. The fourth-order valence-corrected chi connectivity index (χ4v) is 5.02. The molecule has 184 valence electrons. The number of ketones is 1. The molecule has 3 fully saturated rings. The average Bonchev–Trinajstić information content (AvgIpc) is 3.26. The van der Waals surface area contributed by atoms with Crippen molar-refractivity contribution < 1.29 is 19.2 Å². The second-order valence-electron chi connectivity index (χ2n) is 10.5. The number of anilines is 1. The zero-order chi connectivity index (χ0) is 24.8. The lowest BCUT2D eigenvalue weighted by Crippen LogP contribution is -2.53. The van der Waals surface area contributed by atoms with Gasteiger partial charge >= 0.3 is 0 Å². The molecule has 9 heteroatoms. The van der Waals surface area contributed by atoms with Crippen molar-refractivity contribution in [1.82, 2.24) is 15.1 Å². The first-order chi connectivity index (χ1) is 16.0. The Morgan fingerprint density at radius 2 is 1.79 bits per heavy atom. The van der Waals surface area contributed by atoms with Gasteiger partial charge in [0.2, 0.25) is 11.8 Å². The van der Waals surface area contributed by atoms with Crippen molar-refractivity contribution in [2.45, 2.75) is 63.2 Å². The summed E-state index contributed by atoms with van der Waals surface area (Å²) in [6.45, 7) is 4.35. The van der Waals surface area contributed by atoms with Gasteiger partial charge in [0.05, 0.1) is 18.1 Å². The van der Waals surface area contributed by atoms with E-state index < -0.39 is 17.6 Å². The number of benzene rings is 1. The first kappa shape index (κ1) is 24.2. The first-order valence-corrected chi connectivity index (χ1v) is 12.0. The summed E-state index contributed by atoms with van der Waals surface area (Å²) < 4.78 is 0. The van der Waals surface area contributed by atoms with Crippen LogP contribution in [0.1, 0.15) is 49.9 Å². The molecule has 2 heterocycles. The van der Waals surface area contributed by atoms with Crippen LogP contribution >= 0.6 is 0 Å². The van der Waals surface area contributed by atoms with Gasteiger partial charge in [-0.15, -0.1) is 0 Å². The zero-order valence-corrected chi connectivity index (χ0v) is 20.4. The number of Topliss-reactive ketones (excluding diaryl/α,β-unsaturated/α-hetero) is 1. The monoisotopic (exact) mass is 469 g/mol. The molecule has 0 spiro atoms. The summed E-state index contributed by atoms with van der Waals surface area (Å²) in [6, 6.07) is 5.43. The molecule has 34 heavy (non-hydrogen) atoms. The minimum Gasteiger partial charge on any atom is -0.378 e. The summed E-state index contributed by atoms with van der Waals surface area (Å²) in [5.41, 5.74) is 6.70. The molecule has 0 bridgehead atoms. The third-order valence-electron chi connectivity index (χ3n) is 7.14. The molecular weight excluding hydrogens is 434 g/mol. The Hall–Kier alpha value is -2.94. The van der Waals surface area contributed by atoms with Crippen LogP contribution in [0.2, 0.25) is 0 Å². The van der Waals surface area contributed by atoms with Crippen molar-refractivity contribution >= 4 is 29.2 Å². The molecule has 1 aliphatic carbocycles. The maximum atomic E-state index is 13.6. The highest BCUT2D eigenvalue weighted by Gasteiger charge is 2.57. The fraction of sp³-hybridized carbons (Fsp3) is 0.600. The smallest absolute Gasteiger partial charge is 0.251 e. The van der Waals surface area contributed by atoms with Gasteiger partial charge in [-0.3, -0.25) is 19.2 Å². The predicted molar refractivity (Wildman–Crippen MR) is 128 cm³/mol. The Labute approximate surface area is 200 Å². The number of carbonyl (C=O) groups excluding carboxylic acids is 4. The number of fused-ring (bicyclic) bond motifs is 1. The maximum Gasteiger partial charge on any atom is 0.251 e. The topological polar surface area (TPSA) is 116 Å². The van der Waals surface area contributed by atoms with Gasteiger partial charge in [0.25, 0.3) is 5.91 Å². The molecule has 0 radical (unpaired) electrons. The van der Waals surface area contributed by atoms with Gasteiger partial charge in [0.15, 0.2) is 5.78 Å². The number of amides is 3. The number of nitrogens with zero attached hydrogens (tertiary/aromatic N) is 3. The van der Waals surface area contributed by atoms with Crippen LogP contribution in [0.4, 0.5) is 5.69 Å². The SMILES string of the molecule is CC(C)CC(NC(=O)c1ccc(N(C)C)cc1)C(=O)N1CC[C@@H]2[C@H]1C(=O)CN2C(=O)C1(N)CC1. The Morgan fingerprint density at radius 1 is 1.15 bits per heavy atom. The molecule has 4 rings (SSSR count). The zero-order valence-electron chi connectivity index (χ0n) is 20.4. The highest BCUT2D eigenvalue weighted by molar-refractivity contribution is 6.02. The van der Waals surface area contributed by atoms with Gasteiger partial charge in [0.1, 0.15) is 12.1 Å². The first-order valence-electron chi connectivity index (χ1n) is 12.0. The summed E-state index contributed by atoms with van der Waals surface area (Å²) in [6.07, 6.45) is 2.26. The number of nitrogens with one attached hydrogen (secondary N) is 1. The molecule has 2 saturated heterocycles. The average molecular weight is 470 g/mol. The highest BCUT2D eigenvalue weighted by Crippen LogP contribution is 2.38. The normalized spacial score (nSPS) is 23.6. The summed E-state index contributed by atoms with van der Waals surface area (Å²) in [5.74, 6) is -0.754. The minimum atomic E-state index is -0.844. The molecule has 3 atom stereocenters. The van der Waals surface area contributed by atoms with Crippen molar-refractivity contribution in [3.63, 3.8) is 0 Å². The van der Waals surface area contributed by atoms with E-state index in [0.29, 0.717) is 37.8 Å². The molecule has 1 saturated carbocycles. The van der Waals surface area contributed by atoms with Gasteiger partial charge in [-0.05, 0) is 55.9 Å². The fourth-order valence-electron chi connectivity index (χ4n) is 5.02. The molecule has 2 aliphatic heterocycles. The lowest BCUT2D eigenvalue weighted by atomic mass is 10.0. The summed E-state index contributed by atoms with van der Waals surface area (Å²) in [4.78, 5) is 57.4. The third kappa shape index (κ3) is 4.53. The van der Waals surface area contributed by atoms with E-state index in [9.17, 15) is 19.2 Å². The van der Waals surface area contributed by atoms with Crippen molar-refractivity contribution in [2.75, 3.05) is 32.1 Å². The van der Waals surface area contributed by atoms with Crippen molar-refractivity contribution in [2.24, 2.45) is 11.7 Å². The van der Waals surface area contributed by atoms with Gasteiger partial charge in [-0.2, -0.15) is 0 Å². The van der Waals surface area contributed by atoms with Crippen LogP contribution in [0.5, 0.6) is 0 Å². The van der Waals surface area contributed by atoms with Gasteiger partial charge in [0, 0.05) is 31.9 Å². The van der Waals surface area contributed by atoms with Crippen LogP contribution in [0.3, 0.4) is 0 Å². The van der Waals surface area contributed by atoms with E-state index in [4.69, 9.17) is 5.73 Å². The number of likely N-dealkylation sites (tertiary alicyclic amines) is 2. The molecule has 3 amide bonds. The molecule has 1 aromatic carbocycles. The van der Waals surface area contributed by atoms with Crippen LogP contribution in [-0.4, -0.2) is 84.2 Å². The quantitative estimate of drug-likeness (QED) is 0.609. The Bertz CT molecular complexity index is 986. The Balaban J connectivity index is 1.48. The molecule has 1 unspecified atom stereocenters. The molecule has 0 aromatic heterocycles. The van der Waals surface area contributed by atoms with E-state index in [-0.39, 0.29) is 42.0 Å². The molecular formula is C25H35N5O4. The summed E-state index contributed by atoms with van der Waals surface area (Å²) in [7, 11) is 3.85. The van der Waals surface area contributed by atoms with Crippen LogP contribution in [0, 0.1) is 5.92 Å². The van der Waals surface area contributed by atoms with E-state index in [0.717, 1.165) is 5.69 Å². The van der Waals surface area contributed by atoms with E-state index in [1.54, 1.807) is 21.9 Å². The van der Waals surface area contributed by atoms with E-state index >= 15 is 0 Å². The van der Waals surface area contributed by atoms with E-state index in [1.165, 1.54) is 0 Å². The van der Waals surface area contributed by atoms with Crippen molar-refractivity contribution in [3.05, 3.63) is 29.8 Å². The van der Waals surface area contributed by atoms with E-state index in [1.807, 2.05) is 45.0 Å². The second kappa shape index (κ2) is 9.02. The van der Waals surface area contributed by atoms with Crippen LogP contribution in [-0.2, 0) is 14.4 Å². The minimum absolute atomic E-state index is 0.00364. The standard InChI is InChI=1S/C25H35N5O4/c1-15(2)13-18(27-22(32)16-5-7-17(8-6-16)28(3)4)23(33)29-12-9-19-21(29)20(31)14-30(19)24(34)25(26)10-11-25/h5-8,15,18-19,21H,9-14,26H2,1-4H3,(H,27,32)/t18?,19-,21+/m1/s1. The van der Waals surface area contributed by atoms with Gasteiger partial charge in [-0.25, -0.2) is 0 Å². The van der Waals surface area contributed by atoms with Crippen LogP contribution in [0.25, 0.3) is 0 Å². The number of rotatable bonds is 7.